The molecule has 2 fully saturated rings. The van der Waals surface area contributed by atoms with Gasteiger partial charge in [0.2, 0.25) is 0 Å². The van der Waals surface area contributed by atoms with Gasteiger partial charge in [0.25, 0.3) is 0 Å². The summed E-state index contributed by atoms with van der Waals surface area (Å²) in [5.41, 5.74) is 0. The standard InChI is InChI=1S/C14H29N3/c1-13(12-17-9-5-15-6-10-17)11-14-3-7-16(2)8-4-14/h13-15H,3-12H2,1-2H3. The molecule has 17 heavy (non-hydrogen) atoms. The molecule has 0 bridgehead atoms. The number of piperazine rings is 1. The lowest BCUT2D eigenvalue weighted by Gasteiger charge is -2.33. The summed E-state index contributed by atoms with van der Waals surface area (Å²) < 4.78 is 0. The monoisotopic (exact) mass is 239 g/mol. The van der Waals surface area contributed by atoms with Gasteiger partial charge in [0.1, 0.15) is 0 Å². The Kier molecular flexibility index (Phi) is 5.26. The number of rotatable bonds is 4. The van der Waals surface area contributed by atoms with Crippen molar-refractivity contribution < 1.29 is 0 Å². The minimum atomic E-state index is 0.876. The predicted octanol–water partition coefficient (Wildman–Crippen LogP) is 1.26. The minimum Gasteiger partial charge on any atom is -0.314 e. The zero-order chi connectivity index (χ0) is 12.1. The fourth-order valence-electron chi connectivity index (χ4n) is 3.28. The summed E-state index contributed by atoms with van der Waals surface area (Å²) >= 11 is 0. The van der Waals surface area contributed by atoms with Crippen molar-refractivity contribution in [1.29, 1.82) is 0 Å². The molecule has 1 N–H and O–H groups in total. The van der Waals surface area contributed by atoms with Crippen molar-refractivity contribution >= 4 is 0 Å². The SMILES string of the molecule is CC(CC1CCN(C)CC1)CN1CCNCC1. The minimum absolute atomic E-state index is 0.876. The normalized spacial score (nSPS) is 27.2. The van der Waals surface area contributed by atoms with Gasteiger partial charge < -0.3 is 15.1 Å². The highest BCUT2D eigenvalue weighted by molar-refractivity contribution is 4.75. The number of hydrogen-bond donors (Lipinski definition) is 1. The zero-order valence-electron chi connectivity index (χ0n) is 11.6. The van der Waals surface area contributed by atoms with Crippen LogP contribution in [0.3, 0.4) is 0 Å². The first-order valence-corrected chi connectivity index (χ1v) is 7.35. The van der Waals surface area contributed by atoms with Gasteiger partial charge in [-0.1, -0.05) is 6.92 Å². The Morgan fingerprint density at radius 1 is 1.12 bits per heavy atom. The van der Waals surface area contributed by atoms with E-state index in [2.05, 4.69) is 29.1 Å². The van der Waals surface area contributed by atoms with Crippen LogP contribution in [0.5, 0.6) is 0 Å². The van der Waals surface area contributed by atoms with Crippen LogP contribution in [0.2, 0.25) is 0 Å². The van der Waals surface area contributed by atoms with Crippen molar-refractivity contribution in [3.05, 3.63) is 0 Å². The van der Waals surface area contributed by atoms with Crippen molar-refractivity contribution in [3.8, 4) is 0 Å². The number of hydrogen-bond acceptors (Lipinski definition) is 3. The van der Waals surface area contributed by atoms with E-state index >= 15 is 0 Å². The van der Waals surface area contributed by atoms with Crippen LogP contribution >= 0.6 is 0 Å². The van der Waals surface area contributed by atoms with Crippen LogP contribution < -0.4 is 5.32 Å². The number of nitrogens with one attached hydrogen (secondary N) is 1. The third-order valence-electron chi connectivity index (χ3n) is 4.35. The molecule has 3 heteroatoms. The molecule has 100 valence electrons. The molecule has 0 aromatic rings. The van der Waals surface area contributed by atoms with E-state index in [9.17, 15) is 0 Å². The molecule has 0 amide bonds. The Balaban J connectivity index is 1.64. The molecule has 2 aliphatic rings. The van der Waals surface area contributed by atoms with Gasteiger partial charge in [-0.05, 0) is 51.2 Å². The van der Waals surface area contributed by atoms with Crippen LogP contribution in [-0.2, 0) is 0 Å². The molecule has 0 aliphatic carbocycles. The van der Waals surface area contributed by atoms with E-state index in [4.69, 9.17) is 0 Å². The highest BCUT2D eigenvalue weighted by Gasteiger charge is 2.20. The van der Waals surface area contributed by atoms with Gasteiger partial charge >= 0.3 is 0 Å². The first-order valence-electron chi connectivity index (χ1n) is 7.35. The van der Waals surface area contributed by atoms with Gasteiger partial charge in [-0.25, -0.2) is 0 Å². The second-order valence-corrected chi connectivity index (χ2v) is 6.14. The Hall–Kier alpha value is -0.120. The van der Waals surface area contributed by atoms with Gasteiger partial charge in [0.05, 0.1) is 0 Å². The quantitative estimate of drug-likeness (QED) is 0.797. The average Bonchev–Trinajstić information content (AvgIpc) is 2.33. The maximum atomic E-state index is 3.43. The second kappa shape index (κ2) is 6.72. The van der Waals surface area contributed by atoms with E-state index in [0.717, 1.165) is 11.8 Å². The Labute approximate surface area is 107 Å². The fraction of sp³-hybridized carbons (Fsp3) is 1.00. The fourth-order valence-corrected chi connectivity index (χ4v) is 3.28. The number of likely N-dealkylation sites (tertiary alicyclic amines) is 1. The molecule has 2 heterocycles. The molecule has 0 radical (unpaired) electrons. The average molecular weight is 239 g/mol. The van der Waals surface area contributed by atoms with E-state index in [1.165, 1.54) is 65.1 Å². The Morgan fingerprint density at radius 3 is 2.41 bits per heavy atom. The first-order chi connectivity index (χ1) is 8.24. The molecule has 2 aliphatic heterocycles. The van der Waals surface area contributed by atoms with Gasteiger partial charge in [-0.15, -0.1) is 0 Å². The molecule has 0 aromatic heterocycles. The summed E-state index contributed by atoms with van der Waals surface area (Å²) in [6.07, 6.45) is 4.28. The van der Waals surface area contributed by atoms with Crippen molar-refractivity contribution in [2.75, 3.05) is 52.9 Å². The molecule has 2 saturated heterocycles. The second-order valence-electron chi connectivity index (χ2n) is 6.14. The molecule has 0 aromatic carbocycles. The number of nitrogens with zero attached hydrogens (tertiary/aromatic N) is 2. The largest absolute Gasteiger partial charge is 0.314 e. The lowest BCUT2D eigenvalue weighted by molar-refractivity contribution is 0.165. The van der Waals surface area contributed by atoms with Gasteiger partial charge in [-0.3, -0.25) is 0 Å². The first kappa shape index (κ1) is 13.3. The molecule has 0 spiro atoms. The van der Waals surface area contributed by atoms with Crippen LogP contribution in [0.4, 0.5) is 0 Å². The lowest BCUT2D eigenvalue weighted by Crippen LogP contribution is -2.45. The summed E-state index contributed by atoms with van der Waals surface area (Å²) in [5, 5.41) is 3.43. The summed E-state index contributed by atoms with van der Waals surface area (Å²) in [7, 11) is 2.25. The zero-order valence-corrected chi connectivity index (χ0v) is 11.6. The highest BCUT2D eigenvalue weighted by atomic mass is 15.2. The van der Waals surface area contributed by atoms with Crippen molar-refractivity contribution in [2.24, 2.45) is 11.8 Å². The van der Waals surface area contributed by atoms with Crippen LogP contribution in [0.15, 0.2) is 0 Å². The maximum absolute atomic E-state index is 3.43. The molecular weight excluding hydrogens is 210 g/mol. The van der Waals surface area contributed by atoms with Gasteiger partial charge in [0.15, 0.2) is 0 Å². The summed E-state index contributed by atoms with van der Waals surface area (Å²) in [6.45, 7) is 11.2. The molecule has 0 saturated carbocycles. The third kappa shape index (κ3) is 4.57. The summed E-state index contributed by atoms with van der Waals surface area (Å²) in [6, 6.07) is 0. The molecular formula is C14H29N3. The summed E-state index contributed by atoms with van der Waals surface area (Å²) in [4.78, 5) is 5.10. The topological polar surface area (TPSA) is 18.5 Å². The Bertz CT molecular complexity index is 206. The third-order valence-corrected chi connectivity index (χ3v) is 4.35. The molecule has 1 atom stereocenters. The molecule has 2 rings (SSSR count). The molecule has 1 unspecified atom stereocenters. The molecule has 3 nitrogen and oxygen atoms in total. The van der Waals surface area contributed by atoms with E-state index in [1.54, 1.807) is 0 Å². The van der Waals surface area contributed by atoms with E-state index in [-0.39, 0.29) is 0 Å². The van der Waals surface area contributed by atoms with Crippen molar-refractivity contribution in [3.63, 3.8) is 0 Å². The lowest BCUT2D eigenvalue weighted by atomic mass is 9.88. The van der Waals surface area contributed by atoms with Crippen LogP contribution in [0.1, 0.15) is 26.2 Å². The smallest absolute Gasteiger partial charge is 0.0107 e. The van der Waals surface area contributed by atoms with Gasteiger partial charge in [0, 0.05) is 32.7 Å². The van der Waals surface area contributed by atoms with Crippen LogP contribution in [-0.4, -0.2) is 62.7 Å². The van der Waals surface area contributed by atoms with E-state index < -0.39 is 0 Å². The number of piperidine rings is 1. The predicted molar refractivity (Wildman–Crippen MR) is 73.3 cm³/mol. The summed E-state index contributed by atoms with van der Waals surface area (Å²) in [5.74, 6) is 1.87. The van der Waals surface area contributed by atoms with Crippen LogP contribution in [0.25, 0.3) is 0 Å². The van der Waals surface area contributed by atoms with Crippen molar-refractivity contribution in [1.82, 2.24) is 15.1 Å². The van der Waals surface area contributed by atoms with E-state index in [0.29, 0.717) is 0 Å². The Morgan fingerprint density at radius 2 is 1.76 bits per heavy atom. The highest BCUT2D eigenvalue weighted by Crippen LogP contribution is 2.24. The van der Waals surface area contributed by atoms with E-state index in [1.807, 2.05) is 0 Å². The van der Waals surface area contributed by atoms with Crippen LogP contribution in [0, 0.1) is 11.8 Å². The van der Waals surface area contributed by atoms with Gasteiger partial charge in [-0.2, -0.15) is 0 Å². The van der Waals surface area contributed by atoms with Crippen molar-refractivity contribution in [2.45, 2.75) is 26.2 Å². The maximum Gasteiger partial charge on any atom is 0.0107 e.